The van der Waals surface area contributed by atoms with Gasteiger partial charge in [-0.3, -0.25) is 5.01 Å². The van der Waals surface area contributed by atoms with Gasteiger partial charge in [-0.25, -0.2) is 14.2 Å². The highest BCUT2D eigenvalue weighted by Crippen LogP contribution is 2.25. The quantitative estimate of drug-likeness (QED) is 0.265. The van der Waals surface area contributed by atoms with Crippen LogP contribution in [-0.4, -0.2) is 64.8 Å². The van der Waals surface area contributed by atoms with E-state index in [1.165, 1.54) is 13.2 Å². The molecule has 1 fully saturated rings. The summed E-state index contributed by atoms with van der Waals surface area (Å²) in [5.41, 5.74) is 2.54. The first kappa shape index (κ1) is 27.0. The number of pyridine rings is 1. The molecule has 2 aliphatic heterocycles. The first-order chi connectivity index (χ1) is 20.0. The molecule has 0 radical (unpaired) electrons. The van der Waals surface area contributed by atoms with Gasteiger partial charge in [-0.15, -0.1) is 0 Å². The van der Waals surface area contributed by atoms with E-state index < -0.39 is 5.82 Å². The van der Waals surface area contributed by atoms with Gasteiger partial charge < -0.3 is 23.7 Å². The molecular weight excluding hydrogens is 551 g/mol. The number of ether oxygens (including phenoxy) is 3. The molecule has 41 heavy (non-hydrogen) atoms. The van der Waals surface area contributed by atoms with E-state index in [-0.39, 0.29) is 18.7 Å². The van der Waals surface area contributed by atoms with E-state index in [1.54, 1.807) is 30.6 Å². The number of methoxy groups -OCH3 is 1. The number of hydrazone groups is 1. The van der Waals surface area contributed by atoms with Crippen LogP contribution in [0.4, 0.5) is 10.2 Å². The number of nitrogens with zero attached hydrogens (tertiary/aromatic N) is 6. The second-order valence-corrected chi connectivity index (χ2v) is 10.2. The first-order valence-corrected chi connectivity index (χ1v) is 13.6. The molecular formula is C29H28ClFN6O4. The van der Waals surface area contributed by atoms with Gasteiger partial charge in [0.25, 0.3) is 0 Å². The fourth-order valence-electron chi connectivity index (χ4n) is 4.74. The Morgan fingerprint density at radius 3 is 2.76 bits per heavy atom. The molecule has 0 amide bonds. The molecule has 2 aromatic heterocycles. The van der Waals surface area contributed by atoms with Gasteiger partial charge in [-0.1, -0.05) is 23.7 Å². The molecule has 4 heterocycles. The largest absolute Gasteiger partial charge is 0.473 e. The molecule has 10 nitrogen and oxygen atoms in total. The normalized spacial score (nSPS) is 16.6. The summed E-state index contributed by atoms with van der Waals surface area (Å²) in [7, 11) is 1.37. The lowest BCUT2D eigenvalue weighted by Gasteiger charge is -2.30. The summed E-state index contributed by atoms with van der Waals surface area (Å²) in [6, 6.07) is 15.3. The predicted octanol–water partition coefficient (Wildman–Crippen LogP) is 4.64. The van der Waals surface area contributed by atoms with Crippen LogP contribution in [0.5, 0.6) is 5.88 Å². The van der Waals surface area contributed by atoms with Crippen LogP contribution in [0.15, 0.2) is 59.7 Å². The van der Waals surface area contributed by atoms with Crippen LogP contribution in [0.2, 0.25) is 5.02 Å². The molecule has 1 unspecified atom stereocenters. The van der Waals surface area contributed by atoms with Gasteiger partial charge in [0.1, 0.15) is 30.4 Å². The maximum Gasteiger partial charge on any atom is 0.337 e. The Kier molecular flexibility index (Phi) is 7.71. The van der Waals surface area contributed by atoms with E-state index in [2.05, 4.69) is 14.7 Å². The molecule has 212 valence electrons. The number of imidazole rings is 1. The molecule has 0 aliphatic carbocycles. The zero-order valence-electron chi connectivity index (χ0n) is 22.4. The molecule has 6 rings (SSSR count). The summed E-state index contributed by atoms with van der Waals surface area (Å²) in [4.78, 5) is 23.5. The predicted molar refractivity (Wildman–Crippen MR) is 152 cm³/mol. The molecule has 4 aromatic rings. The number of hydrogen-bond acceptors (Lipinski definition) is 9. The van der Waals surface area contributed by atoms with Crippen molar-refractivity contribution >= 4 is 40.8 Å². The van der Waals surface area contributed by atoms with Crippen LogP contribution in [0, 0.1) is 5.82 Å². The van der Waals surface area contributed by atoms with Gasteiger partial charge in [0.05, 0.1) is 49.4 Å². The number of halogens is 2. The fourth-order valence-corrected chi connectivity index (χ4v) is 4.90. The number of carbonyl (C=O) groups excluding carboxylic acids is 1. The van der Waals surface area contributed by atoms with E-state index >= 15 is 0 Å². The SMILES string of the molecule is COC(=O)c1ccc2nc(CN3CCN(c4cccc(OCc5ccc(Cl)cc5F)n4)C=N3)n(CC3CCO3)c2c1. The molecule has 2 aromatic carbocycles. The van der Waals surface area contributed by atoms with Crippen molar-refractivity contribution in [2.75, 3.05) is 31.7 Å². The number of esters is 1. The van der Waals surface area contributed by atoms with Gasteiger partial charge >= 0.3 is 5.97 Å². The van der Waals surface area contributed by atoms with E-state index in [1.807, 2.05) is 34.2 Å². The molecule has 12 heteroatoms. The number of benzene rings is 2. The maximum absolute atomic E-state index is 14.1. The summed E-state index contributed by atoms with van der Waals surface area (Å²) >= 11 is 5.83. The number of anilines is 1. The zero-order valence-corrected chi connectivity index (χ0v) is 23.1. The minimum absolute atomic E-state index is 0.0370. The van der Waals surface area contributed by atoms with Gasteiger partial charge in [-0.05, 0) is 42.8 Å². The molecule has 1 saturated heterocycles. The molecule has 2 aliphatic rings. The molecule has 0 saturated carbocycles. The first-order valence-electron chi connectivity index (χ1n) is 13.3. The van der Waals surface area contributed by atoms with Crippen LogP contribution in [0.25, 0.3) is 11.0 Å². The lowest BCUT2D eigenvalue weighted by atomic mass is 10.1. The lowest BCUT2D eigenvalue weighted by Crippen LogP contribution is -2.38. The number of rotatable bonds is 9. The molecule has 0 bridgehead atoms. The van der Waals surface area contributed by atoms with Gasteiger partial charge in [0.2, 0.25) is 5.88 Å². The summed E-state index contributed by atoms with van der Waals surface area (Å²) in [6.07, 6.45) is 2.83. The highest BCUT2D eigenvalue weighted by atomic mass is 35.5. The highest BCUT2D eigenvalue weighted by molar-refractivity contribution is 6.30. The number of fused-ring (bicyclic) bond motifs is 1. The van der Waals surface area contributed by atoms with Gasteiger partial charge in [0, 0.05) is 29.8 Å². The summed E-state index contributed by atoms with van der Waals surface area (Å²) in [6.45, 7) is 3.21. The van der Waals surface area contributed by atoms with Crippen molar-refractivity contribution in [2.24, 2.45) is 5.10 Å². The highest BCUT2D eigenvalue weighted by Gasteiger charge is 2.24. The van der Waals surface area contributed by atoms with Crippen LogP contribution < -0.4 is 9.64 Å². The van der Waals surface area contributed by atoms with Crippen LogP contribution in [0.1, 0.15) is 28.2 Å². The molecule has 0 spiro atoms. The summed E-state index contributed by atoms with van der Waals surface area (Å²) < 4.78 is 32.5. The van der Waals surface area contributed by atoms with E-state index in [0.29, 0.717) is 54.0 Å². The molecule has 1 atom stereocenters. The van der Waals surface area contributed by atoms with Crippen LogP contribution in [-0.2, 0) is 29.2 Å². The van der Waals surface area contributed by atoms with Crippen molar-refractivity contribution in [2.45, 2.75) is 32.2 Å². The van der Waals surface area contributed by atoms with Crippen molar-refractivity contribution < 1.29 is 23.4 Å². The number of hydrogen-bond donors (Lipinski definition) is 0. The van der Waals surface area contributed by atoms with Crippen LogP contribution in [0.3, 0.4) is 0 Å². The van der Waals surface area contributed by atoms with Gasteiger partial charge in [0.15, 0.2) is 0 Å². The Bertz CT molecular complexity index is 1610. The Labute approximate surface area is 240 Å². The minimum atomic E-state index is -0.422. The second-order valence-electron chi connectivity index (χ2n) is 9.79. The Balaban J connectivity index is 1.15. The minimum Gasteiger partial charge on any atom is -0.473 e. The van der Waals surface area contributed by atoms with Crippen molar-refractivity contribution in [3.8, 4) is 5.88 Å². The smallest absolute Gasteiger partial charge is 0.337 e. The van der Waals surface area contributed by atoms with Gasteiger partial charge in [-0.2, -0.15) is 10.1 Å². The maximum atomic E-state index is 14.1. The second kappa shape index (κ2) is 11.7. The van der Waals surface area contributed by atoms with Crippen molar-refractivity contribution in [3.05, 3.63) is 82.4 Å². The van der Waals surface area contributed by atoms with Crippen molar-refractivity contribution in [3.63, 3.8) is 0 Å². The number of carbonyl (C=O) groups is 1. The lowest BCUT2D eigenvalue weighted by molar-refractivity contribution is -0.0592. The third kappa shape index (κ3) is 5.96. The third-order valence-electron chi connectivity index (χ3n) is 7.10. The zero-order chi connectivity index (χ0) is 28.3. The average Bonchev–Trinajstić information content (AvgIpc) is 3.30. The summed E-state index contributed by atoms with van der Waals surface area (Å²) in [5.74, 6) is 1.08. The monoisotopic (exact) mass is 578 g/mol. The van der Waals surface area contributed by atoms with E-state index in [9.17, 15) is 9.18 Å². The van der Waals surface area contributed by atoms with Crippen molar-refractivity contribution in [1.29, 1.82) is 0 Å². The Morgan fingerprint density at radius 2 is 2.02 bits per heavy atom. The Hall–Kier alpha value is -4.22. The fraction of sp³-hybridized carbons (Fsp3) is 0.310. The van der Waals surface area contributed by atoms with Crippen LogP contribution >= 0.6 is 11.6 Å². The Morgan fingerprint density at radius 1 is 1.15 bits per heavy atom. The molecule has 0 N–H and O–H groups in total. The topological polar surface area (TPSA) is 94.3 Å². The van der Waals surface area contributed by atoms with Crippen molar-refractivity contribution in [1.82, 2.24) is 19.5 Å². The van der Waals surface area contributed by atoms with E-state index in [4.69, 9.17) is 30.8 Å². The summed E-state index contributed by atoms with van der Waals surface area (Å²) in [5, 5.41) is 6.92. The average molecular weight is 579 g/mol. The third-order valence-corrected chi connectivity index (χ3v) is 7.33. The standard InChI is InChI=1S/C29H28ClFN6O4/c1-39-29(38)19-6-8-24-25(13-19)37(15-22-9-12-40-22)27(33-24)16-36-11-10-35(18-32-36)26-3-2-4-28(34-26)41-17-20-5-7-21(30)14-23(20)31/h2-8,13-14,18,22H,9-12,15-17H2,1H3. The van der Waals surface area contributed by atoms with E-state index in [0.717, 1.165) is 29.9 Å². The number of aromatic nitrogens is 3.